The van der Waals surface area contributed by atoms with Crippen molar-refractivity contribution in [2.24, 2.45) is 5.92 Å². The molecule has 19 heavy (non-hydrogen) atoms. The highest BCUT2D eigenvalue weighted by Gasteiger charge is 2.17. The molecule has 102 valence electrons. The van der Waals surface area contributed by atoms with Gasteiger partial charge in [0.1, 0.15) is 5.75 Å². The summed E-state index contributed by atoms with van der Waals surface area (Å²) in [6.45, 7) is 0.700. The molecule has 0 bridgehead atoms. The smallest absolute Gasteiger partial charge is 0.223 e. The summed E-state index contributed by atoms with van der Waals surface area (Å²) in [5.41, 5.74) is 1.21. The standard InChI is InChI=1S/C16H21NO2/c1-19-15-9-7-13(8-10-15)11-12-17-16(18)14-5-3-2-4-6-14/h2-3,7-10,14H,4-6,11-12H2,1H3,(H,17,18)/t14-/m1/s1. The third-order valence-electron chi connectivity index (χ3n) is 3.51. The van der Waals surface area contributed by atoms with E-state index in [9.17, 15) is 4.79 Å². The molecule has 0 spiro atoms. The van der Waals surface area contributed by atoms with E-state index in [-0.39, 0.29) is 11.8 Å². The molecule has 0 radical (unpaired) electrons. The van der Waals surface area contributed by atoms with Gasteiger partial charge in [0.15, 0.2) is 0 Å². The number of hydrogen-bond donors (Lipinski definition) is 1. The molecule has 3 heteroatoms. The van der Waals surface area contributed by atoms with E-state index in [0.717, 1.165) is 31.4 Å². The third kappa shape index (κ3) is 4.12. The molecule has 0 heterocycles. The van der Waals surface area contributed by atoms with Crippen molar-refractivity contribution in [3.8, 4) is 5.75 Å². The van der Waals surface area contributed by atoms with Crippen LogP contribution >= 0.6 is 0 Å². The van der Waals surface area contributed by atoms with Crippen molar-refractivity contribution in [1.82, 2.24) is 5.32 Å². The lowest BCUT2D eigenvalue weighted by Gasteiger charge is -2.17. The third-order valence-corrected chi connectivity index (χ3v) is 3.51. The lowest BCUT2D eigenvalue weighted by atomic mass is 9.93. The predicted molar refractivity (Wildman–Crippen MR) is 76.2 cm³/mol. The Morgan fingerprint density at radius 2 is 2.11 bits per heavy atom. The summed E-state index contributed by atoms with van der Waals surface area (Å²) in [6, 6.07) is 7.97. The summed E-state index contributed by atoms with van der Waals surface area (Å²) in [5, 5.41) is 3.03. The average Bonchev–Trinajstić information content (AvgIpc) is 2.49. The van der Waals surface area contributed by atoms with Gasteiger partial charge in [-0.25, -0.2) is 0 Å². The average molecular weight is 259 g/mol. The van der Waals surface area contributed by atoms with E-state index in [1.807, 2.05) is 24.3 Å². The first-order valence-electron chi connectivity index (χ1n) is 6.85. The Labute approximate surface area is 114 Å². The summed E-state index contributed by atoms with van der Waals surface area (Å²) < 4.78 is 5.12. The van der Waals surface area contributed by atoms with Gasteiger partial charge >= 0.3 is 0 Å². The van der Waals surface area contributed by atoms with Crippen molar-refractivity contribution in [2.45, 2.75) is 25.7 Å². The number of carbonyl (C=O) groups is 1. The zero-order valence-corrected chi connectivity index (χ0v) is 11.4. The Morgan fingerprint density at radius 1 is 1.32 bits per heavy atom. The normalized spacial score (nSPS) is 18.1. The lowest BCUT2D eigenvalue weighted by Crippen LogP contribution is -2.32. The van der Waals surface area contributed by atoms with E-state index >= 15 is 0 Å². The van der Waals surface area contributed by atoms with Gasteiger partial charge in [-0.1, -0.05) is 24.3 Å². The fourth-order valence-electron chi connectivity index (χ4n) is 2.30. The van der Waals surface area contributed by atoms with Crippen LogP contribution < -0.4 is 10.1 Å². The Bertz CT molecular complexity index is 437. The van der Waals surface area contributed by atoms with Crippen molar-refractivity contribution in [1.29, 1.82) is 0 Å². The van der Waals surface area contributed by atoms with Gasteiger partial charge < -0.3 is 10.1 Å². The van der Waals surface area contributed by atoms with Crippen molar-refractivity contribution < 1.29 is 9.53 Å². The molecule has 0 saturated heterocycles. The number of ether oxygens (including phenoxy) is 1. The number of methoxy groups -OCH3 is 1. The number of amides is 1. The minimum absolute atomic E-state index is 0.167. The predicted octanol–water partition coefficient (Wildman–Crippen LogP) is 2.71. The Hall–Kier alpha value is -1.77. The molecule has 0 saturated carbocycles. The van der Waals surface area contributed by atoms with Crippen LogP contribution in [0.25, 0.3) is 0 Å². The van der Waals surface area contributed by atoms with Crippen LogP contribution in [0, 0.1) is 5.92 Å². The molecule has 1 atom stereocenters. The molecule has 1 aromatic rings. The fraction of sp³-hybridized carbons (Fsp3) is 0.438. The SMILES string of the molecule is COc1ccc(CCNC(=O)[C@@H]2CC=CCC2)cc1. The second-order valence-electron chi connectivity index (χ2n) is 4.87. The van der Waals surface area contributed by atoms with E-state index in [2.05, 4.69) is 17.5 Å². The lowest BCUT2D eigenvalue weighted by molar-refractivity contribution is -0.125. The van der Waals surface area contributed by atoms with Crippen LogP contribution in [-0.4, -0.2) is 19.6 Å². The quantitative estimate of drug-likeness (QED) is 0.826. The monoisotopic (exact) mass is 259 g/mol. The first-order chi connectivity index (χ1) is 9.29. The van der Waals surface area contributed by atoms with E-state index in [4.69, 9.17) is 4.74 Å². The zero-order valence-electron chi connectivity index (χ0n) is 11.4. The molecule has 0 aliphatic heterocycles. The maximum absolute atomic E-state index is 11.9. The van der Waals surface area contributed by atoms with E-state index in [1.54, 1.807) is 7.11 Å². The molecule has 1 N–H and O–H groups in total. The van der Waals surface area contributed by atoms with Crippen LogP contribution in [0.4, 0.5) is 0 Å². The molecule has 0 aromatic heterocycles. The van der Waals surface area contributed by atoms with E-state index < -0.39 is 0 Å². The number of benzene rings is 1. The molecule has 1 aromatic carbocycles. The van der Waals surface area contributed by atoms with Crippen LogP contribution in [0.1, 0.15) is 24.8 Å². The number of allylic oxidation sites excluding steroid dienone is 2. The van der Waals surface area contributed by atoms with Gasteiger partial charge in [0, 0.05) is 12.5 Å². The summed E-state index contributed by atoms with van der Waals surface area (Å²) in [4.78, 5) is 11.9. The van der Waals surface area contributed by atoms with Gasteiger partial charge in [-0.2, -0.15) is 0 Å². The molecular formula is C16H21NO2. The van der Waals surface area contributed by atoms with Gasteiger partial charge in [0.05, 0.1) is 7.11 Å². The number of carbonyl (C=O) groups excluding carboxylic acids is 1. The van der Waals surface area contributed by atoms with Gasteiger partial charge in [-0.3, -0.25) is 4.79 Å². The first kappa shape index (κ1) is 13.7. The van der Waals surface area contributed by atoms with Crippen molar-refractivity contribution in [3.05, 3.63) is 42.0 Å². The maximum Gasteiger partial charge on any atom is 0.223 e. The van der Waals surface area contributed by atoms with Crippen molar-refractivity contribution in [2.75, 3.05) is 13.7 Å². The van der Waals surface area contributed by atoms with Crippen LogP contribution in [-0.2, 0) is 11.2 Å². The summed E-state index contributed by atoms with van der Waals surface area (Å²) in [7, 11) is 1.66. The number of hydrogen-bond acceptors (Lipinski definition) is 2. The van der Waals surface area contributed by atoms with Gasteiger partial charge in [-0.15, -0.1) is 0 Å². The molecule has 2 rings (SSSR count). The van der Waals surface area contributed by atoms with Gasteiger partial charge in [-0.05, 0) is 43.4 Å². The van der Waals surface area contributed by atoms with Crippen molar-refractivity contribution in [3.63, 3.8) is 0 Å². The van der Waals surface area contributed by atoms with Gasteiger partial charge in [0.2, 0.25) is 5.91 Å². The molecule has 1 aliphatic rings. The second kappa shape index (κ2) is 6.98. The molecule has 0 unspecified atom stereocenters. The fourth-order valence-corrected chi connectivity index (χ4v) is 2.30. The minimum atomic E-state index is 0.167. The van der Waals surface area contributed by atoms with Crippen LogP contribution in [0.3, 0.4) is 0 Å². The summed E-state index contributed by atoms with van der Waals surface area (Å²) >= 11 is 0. The zero-order chi connectivity index (χ0) is 13.5. The van der Waals surface area contributed by atoms with E-state index in [0.29, 0.717) is 6.54 Å². The summed E-state index contributed by atoms with van der Waals surface area (Å²) in [6.07, 6.45) is 8.01. The molecule has 1 aliphatic carbocycles. The number of rotatable bonds is 5. The Balaban J connectivity index is 1.73. The van der Waals surface area contributed by atoms with Crippen LogP contribution in [0.5, 0.6) is 5.75 Å². The Kier molecular flexibility index (Phi) is 5.01. The van der Waals surface area contributed by atoms with Crippen LogP contribution in [0.15, 0.2) is 36.4 Å². The minimum Gasteiger partial charge on any atom is -0.497 e. The molecule has 3 nitrogen and oxygen atoms in total. The van der Waals surface area contributed by atoms with Gasteiger partial charge in [0.25, 0.3) is 0 Å². The van der Waals surface area contributed by atoms with Crippen molar-refractivity contribution >= 4 is 5.91 Å². The Morgan fingerprint density at radius 3 is 2.74 bits per heavy atom. The maximum atomic E-state index is 11.9. The van der Waals surface area contributed by atoms with Crippen LogP contribution in [0.2, 0.25) is 0 Å². The molecule has 0 fully saturated rings. The largest absolute Gasteiger partial charge is 0.497 e. The highest BCUT2D eigenvalue weighted by Crippen LogP contribution is 2.18. The second-order valence-corrected chi connectivity index (χ2v) is 4.87. The first-order valence-corrected chi connectivity index (χ1v) is 6.85. The molecule has 1 amide bonds. The highest BCUT2D eigenvalue weighted by atomic mass is 16.5. The molecular weight excluding hydrogens is 238 g/mol. The number of nitrogens with one attached hydrogen (secondary N) is 1. The summed E-state index contributed by atoms with van der Waals surface area (Å²) in [5.74, 6) is 1.22. The topological polar surface area (TPSA) is 38.3 Å². The highest BCUT2D eigenvalue weighted by molar-refractivity contribution is 5.78. The van der Waals surface area contributed by atoms with E-state index in [1.165, 1.54) is 5.56 Å².